The van der Waals surface area contributed by atoms with Gasteiger partial charge in [-0.3, -0.25) is 0 Å². The van der Waals surface area contributed by atoms with E-state index in [2.05, 4.69) is 9.47 Å². The van der Waals surface area contributed by atoms with Crippen molar-refractivity contribution in [2.45, 2.75) is 0 Å². The molecule has 48 valence electrons. The molecule has 1 N–H and O–H groups in total. The van der Waals surface area contributed by atoms with E-state index in [1.165, 1.54) is 6.26 Å². The zero-order valence-electron chi connectivity index (χ0n) is 4.83. The highest BCUT2D eigenvalue weighted by Crippen LogP contribution is 1.74. The Bertz CT molecular complexity index is 60.7. The molecule has 0 unspecified atom stereocenters. The van der Waals surface area contributed by atoms with Crippen molar-refractivity contribution in [2.24, 2.45) is 0 Å². The van der Waals surface area contributed by atoms with Gasteiger partial charge in [0.15, 0.2) is 0 Å². The normalized spacial score (nSPS) is 10.1. The van der Waals surface area contributed by atoms with Gasteiger partial charge in [0, 0.05) is 7.11 Å². The maximum Gasteiger partial charge on any atom is 0.117 e. The van der Waals surface area contributed by atoms with E-state index in [0.29, 0.717) is 13.2 Å². The molecule has 0 aromatic heterocycles. The molecule has 0 aromatic carbocycles. The summed E-state index contributed by atoms with van der Waals surface area (Å²) < 4.78 is 9.32. The van der Waals surface area contributed by atoms with Crippen LogP contribution < -0.4 is 0 Å². The Kier molecular flexibility index (Phi) is 5.75. The number of aliphatic hydroxyl groups is 1. The van der Waals surface area contributed by atoms with Gasteiger partial charge in [0.1, 0.15) is 19.1 Å². The van der Waals surface area contributed by atoms with E-state index in [-0.39, 0.29) is 0 Å². The molecule has 0 saturated carbocycles. The van der Waals surface area contributed by atoms with Crippen molar-refractivity contribution in [3.05, 3.63) is 12.5 Å². The summed E-state index contributed by atoms with van der Waals surface area (Å²) in [7, 11) is 1.59. The summed E-state index contributed by atoms with van der Waals surface area (Å²) in [5, 5.41) is 8.02. The summed E-state index contributed by atoms with van der Waals surface area (Å²) >= 11 is 0. The molecule has 0 rings (SSSR count). The van der Waals surface area contributed by atoms with Gasteiger partial charge in [0.2, 0.25) is 0 Å². The lowest BCUT2D eigenvalue weighted by molar-refractivity contribution is 0.121. The van der Waals surface area contributed by atoms with Crippen molar-refractivity contribution in [3.63, 3.8) is 0 Å². The fourth-order valence-corrected chi connectivity index (χ4v) is 0.243. The third-order valence-corrected chi connectivity index (χ3v) is 0.562. The van der Waals surface area contributed by atoms with Crippen molar-refractivity contribution >= 4 is 0 Å². The zero-order valence-corrected chi connectivity index (χ0v) is 4.83. The van der Waals surface area contributed by atoms with Gasteiger partial charge >= 0.3 is 0 Å². The monoisotopic (exact) mass is 118 g/mol. The number of ether oxygens (including phenoxy) is 2. The lowest BCUT2D eigenvalue weighted by atomic mass is 10.8. The molecule has 8 heavy (non-hydrogen) atoms. The molecule has 0 spiro atoms. The summed E-state index contributed by atoms with van der Waals surface area (Å²) in [6.45, 7) is 1.03. The van der Waals surface area contributed by atoms with Crippen LogP contribution in [-0.2, 0) is 9.47 Å². The van der Waals surface area contributed by atoms with Gasteiger partial charge in [-0.2, -0.15) is 0 Å². The van der Waals surface area contributed by atoms with Crippen molar-refractivity contribution in [2.75, 3.05) is 20.3 Å². The van der Waals surface area contributed by atoms with Gasteiger partial charge in [0.25, 0.3) is 0 Å². The molecule has 0 aromatic rings. The Labute approximate surface area is 48.5 Å². The van der Waals surface area contributed by atoms with E-state index in [1.54, 1.807) is 7.11 Å². The predicted octanol–water partition coefficient (Wildman–Crippen LogP) is 0.679. The SMILES string of the molecule is COCCO/C=C\O. The summed E-state index contributed by atoms with van der Waals surface area (Å²) in [5.74, 6) is 0. The zero-order chi connectivity index (χ0) is 6.24. The second kappa shape index (κ2) is 6.30. The minimum Gasteiger partial charge on any atom is -0.512 e. The molecule has 0 radical (unpaired) electrons. The Morgan fingerprint density at radius 1 is 1.50 bits per heavy atom. The Morgan fingerprint density at radius 2 is 2.25 bits per heavy atom. The first-order chi connectivity index (χ1) is 3.91. The van der Waals surface area contributed by atoms with Crippen molar-refractivity contribution < 1.29 is 14.6 Å². The van der Waals surface area contributed by atoms with Crippen LogP contribution in [0.4, 0.5) is 0 Å². The van der Waals surface area contributed by atoms with E-state index in [1.807, 2.05) is 0 Å². The first-order valence-electron chi connectivity index (χ1n) is 2.31. The van der Waals surface area contributed by atoms with Gasteiger partial charge in [-0.05, 0) is 0 Å². The molecule has 0 fully saturated rings. The Morgan fingerprint density at radius 3 is 2.75 bits per heavy atom. The average molecular weight is 118 g/mol. The molecule has 0 saturated heterocycles. The number of aliphatic hydroxyl groups excluding tert-OH is 1. The summed E-state index contributed by atoms with van der Waals surface area (Å²) in [6.07, 6.45) is 2.05. The standard InChI is InChI=1S/C5H10O3/c1-7-4-5-8-3-2-6/h2-3,6H,4-5H2,1H3/b3-2-. The van der Waals surface area contributed by atoms with Crippen LogP contribution in [0, 0.1) is 0 Å². The minimum atomic E-state index is 0.480. The molecule has 0 heterocycles. The first-order valence-corrected chi connectivity index (χ1v) is 2.31. The molecule has 0 atom stereocenters. The van der Waals surface area contributed by atoms with Crippen LogP contribution >= 0.6 is 0 Å². The molecule has 0 amide bonds. The largest absolute Gasteiger partial charge is 0.512 e. The lowest BCUT2D eigenvalue weighted by Gasteiger charge is -1.95. The van der Waals surface area contributed by atoms with E-state index in [4.69, 9.17) is 5.11 Å². The van der Waals surface area contributed by atoms with E-state index >= 15 is 0 Å². The van der Waals surface area contributed by atoms with Gasteiger partial charge in [-0.15, -0.1) is 0 Å². The number of methoxy groups -OCH3 is 1. The van der Waals surface area contributed by atoms with E-state index < -0.39 is 0 Å². The van der Waals surface area contributed by atoms with Crippen molar-refractivity contribution in [1.29, 1.82) is 0 Å². The van der Waals surface area contributed by atoms with Crippen LogP contribution in [0.25, 0.3) is 0 Å². The lowest BCUT2D eigenvalue weighted by Crippen LogP contribution is -1.96. The summed E-state index contributed by atoms with van der Waals surface area (Å²) in [4.78, 5) is 0. The minimum absolute atomic E-state index is 0.480. The highest BCUT2D eigenvalue weighted by Gasteiger charge is 1.77. The quantitative estimate of drug-likeness (QED) is 0.435. The van der Waals surface area contributed by atoms with Crippen LogP contribution in [0.2, 0.25) is 0 Å². The molecular weight excluding hydrogens is 108 g/mol. The Balaban J connectivity index is 2.72. The summed E-state index contributed by atoms with van der Waals surface area (Å²) in [5.41, 5.74) is 0. The summed E-state index contributed by atoms with van der Waals surface area (Å²) in [6, 6.07) is 0. The number of hydrogen-bond acceptors (Lipinski definition) is 3. The molecule has 0 bridgehead atoms. The fourth-order valence-electron chi connectivity index (χ4n) is 0.243. The number of rotatable bonds is 4. The number of hydrogen-bond donors (Lipinski definition) is 1. The van der Waals surface area contributed by atoms with Crippen LogP contribution in [0.15, 0.2) is 12.5 Å². The maximum atomic E-state index is 8.02. The predicted molar refractivity (Wildman–Crippen MR) is 29.6 cm³/mol. The van der Waals surface area contributed by atoms with E-state index in [0.717, 1.165) is 6.26 Å². The third kappa shape index (κ3) is 5.30. The second-order valence-electron chi connectivity index (χ2n) is 1.15. The first kappa shape index (κ1) is 7.30. The van der Waals surface area contributed by atoms with Gasteiger partial charge in [-0.25, -0.2) is 0 Å². The fraction of sp³-hybridized carbons (Fsp3) is 0.600. The van der Waals surface area contributed by atoms with Gasteiger partial charge < -0.3 is 14.6 Å². The highest BCUT2D eigenvalue weighted by molar-refractivity contribution is 4.55. The van der Waals surface area contributed by atoms with E-state index in [9.17, 15) is 0 Å². The molecule has 0 aliphatic heterocycles. The van der Waals surface area contributed by atoms with Crippen molar-refractivity contribution in [1.82, 2.24) is 0 Å². The maximum absolute atomic E-state index is 8.02. The second-order valence-corrected chi connectivity index (χ2v) is 1.15. The van der Waals surface area contributed by atoms with Crippen LogP contribution in [0.3, 0.4) is 0 Å². The van der Waals surface area contributed by atoms with Gasteiger partial charge in [0.05, 0.1) is 6.61 Å². The molecule has 0 aliphatic carbocycles. The highest BCUT2D eigenvalue weighted by atomic mass is 16.5. The van der Waals surface area contributed by atoms with Crippen molar-refractivity contribution in [3.8, 4) is 0 Å². The molecule has 0 aliphatic rings. The van der Waals surface area contributed by atoms with Crippen LogP contribution in [0.1, 0.15) is 0 Å². The molecule has 3 nitrogen and oxygen atoms in total. The Hall–Kier alpha value is -0.700. The molecular formula is C5H10O3. The van der Waals surface area contributed by atoms with Gasteiger partial charge in [-0.1, -0.05) is 0 Å². The smallest absolute Gasteiger partial charge is 0.117 e. The van der Waals surface area contributed by atoms with Crippen LogP contribution in [0.5, 0.6) is 0 Å². The molecule has 3 heteroatoms. The topological polar surface area (TPSA) is 38.7 Å². The third-order valence-electron chi connectivity index (χ3n) is 0.562. The van der Waals surface area contributed by atoms with Crippen LogP contribution in [-0.4, -0.2) is 25.4 Å². The average Bonchev–Trinajstić information content (AvgIpc) is 1.81.